The van der Waals surface area contributed by atoms with E-state index in [4.69, 9.17) is 8.85 Å². The molecule has 0 amide bonds. The molecule has 150 valence electrons. The van der Waals surface area contributed by atoms with E-state index in [1.54, 1.807) is 0 Å². The molecule has 0 aliphatic carbocycles. The quantitative estimate of drug-likeness (QED) is 0.278. The Morgan fingerprint density at radius 3 is 1.65 bits per heavy atom. The van der Waals surface area contributed by atoms with Crippen molar-refractivity contribution in [3.63, 3.8) is 0 Å². The molecule has 0 bridgehead atoms. The molecule has 0 aromatic heterocycles. The summed E-state index contributed by atoms with van der Waals surface area (Å²) in [7, 11) is -2.33. The summed E-state index contributed by atoms with van der Waals surface area (Å²) in [5, 5.41) is 0. The van der Waals surface area contributed by atoms with Crippen molar-refractivity contribution in [1.29, 1.82) is 0 Å². The van der Waals surface area contributed by atoms with Crippen molar-refractivity contribution >= 4 is 8.56 Å². The Bertz CT molecular complexity index is 533. The number of unbranched alkanes of at least 4 members (excludes halogenated alkanes) is 1. The minimum absolute atomic E-state index is 0.0309. The van der Waals surface area contributed by atoms with Crippen molar-refractivity contribution in [2.75, 3.05) is 13.2 Å². The van der Waals surface area contributed by atoms with Crippen molar-refractivity contribution in [3.8, 4) is 0 Å². The lowest BCUT2D eigenvalue weighted by Gasteiger charge is -2.25. The van der Waals surface area contributed by atoms with Crippen LogP contribution in [0.3, 0.4) is 0 Å². The van der Waals surface area contributed by atoms with E-state index < -0.39 is 32.0 Å². The van der Waals surface area contributed by atoms with Gasteiger partial charge in [0.15, 0.2) is 0 Å². The molecular formula is C17H24F6O2Si. The van der Waals surface area contributed by atoms with Crippen LogP contribution in [0.25, 0.3) is 0 Å². The van der Waals surface area contributed by atoms with Crippen LogP contribution in [-0.4, -0.2) is 21.8 Å². The second-order valence-electron chi connectivity index (χ2n) is 6.12. The summed E-state index contributed by atoms with van der Waals surface area (Å²) >= 11 is 0. The molecule has 0 spiro atoms. The third-order valence-electron chi connectivity index (χ3n) is 3.89. The highest BCUT2D eigenvalue weighted by Gasteiger charge is 2.37. The Labute approximate surface area is 150 Å². The second kappa shape index (κ2) is 9.23. The molecule has 0 unspecified atom stereocenters. The highest BCUT2D eigenvalue weighted by atomic mass is 28.4. The van der Waals surface area contributed by atoms with Gasteiger partial charge in [0.25, 0.3) is 0 Å². The van der Waals surface area contributed by atoms with Gasteiger partial charge in [0.2, 0.25) is 0 Å². The minimum atomic E-state index is -4.81. The van der Waals surface area contributed by atoms with Crippen molar-refractivity contribution in [3.05, 3.63) is 34.9 Å². The number of hydrogen-bond donors (Lipinski definition) is 0. The van der Waals surface area contributed by atoms with Gasteiger partial charge in [-0.1, -0.05) is 6.42 Å². The van der Waals surface area contributed by atoms with Crippen molar-refractivity contribution in [2.24, 2.45) is 0 Å². The maximum absolute atomic E-state index is 12.9. The van der Waals surface area contributed by atoms with Crippen molar-refractivity contribution in [2.45, 2.75) is 58.1 Å². The molecule has 1 aromatic rings. The molecule has 0 aliphatic heterocycles. The van der Waals surface area contributed by atoms with Crippen molar-refractivity contribution in [1.82, 2.24) is 0 Å². The molecule has 0 saturated carbocycles. The fourth-order valence-corrected chi connectivity index (χ4v) is 5.22. The van der Waals surface area contributed by atoms with Gasteiger partial charge in [-0.2, -0.15) is 26.3 Å². The minimum Gasteiger partial charge on any atom is -0.395 e. The highest BCUT2D eigenvalue weighted by Crippen LogP contribution is 2.36. The Balaban J connectivity index is 2.80. The summed E-state index contributed by atoms with van der Waals surface area (Å²) < 4.78 is 88.5. The standard InChI is InChI=1S/C17H24F6O2Si/c1-4-24-26(3,25-5-2)9-7-6-8-13-10-14(16(18,19)20)12-15(11-13)17(21,22)23/h10-12H,4-9H2,1-3H3. The summed E-state index contributed by atoms with van der Waals surface area (Å²) in [5.74, 6) is 0. The van der Waals surface area contributed by atoms with Gasteiger partial charge in [0.05, 0.1) is 11.1 Å². The number of halogens is 6. The van der Waals surface area contributed by atoms with E-state index in [9.17, 15) is 26.3 Å². The Morgan fingerprint density at radius 1 is 0.808 bits per heavy atom. The molecule has 0 radical (unpaired) electrons. The zero-order valence-corrected chi connectivity index (χ0v) is 16.1. The topological polar surface area (TPSA) is 18.5 Å². The van der Waals surface area contributed by atoms with E-state index in [-0.39, 0.29) is 18.1 Å². The fourth-order valence-electron chi connectivity index (χ4n) is 2.74. The monoisotopic (exact) mass is 402 g/mol. The largest absolute Gasteiger partial charge is 0.416 e. The van der Waals surface area contributed by atoms with Gasteiger partial charge < -0.3 is 8.85 Å². The second-order valence-corrected chi connectivity index (χ2v) is 9.47. The third-order valence-corrected chi connectivity index (χ3v) is 6.95. The van der Waals surface area contributed by atoms with Gasteiger partial charge >= 0.3 is 20.9 Å². The van der Waals surface area contributed by atoms with Crippen LogP contribution in [0.2, 0.25) is 12.6 Å². The van der Waals surface area contributed by atoms with Gasteiger partial charge in [-0.05, 0) is 63.0 Å². The molecule has 1 aromatic carbocycles. The van der Waals surface area contributed by atoms with E-state index in [0.29, 0.717) is 32.1 Å². The van der Waals surface area contributed by atoms with Crippen LogP contribution in [0.5, 0.6) is 0 Å². The molecule has 0 aliphatic rings. The van der Waals surface area contributed by atoms with Gasteiger partial charge in [-0.25, -0.2) is 0 Å². The van der Waals surface area contributed by atoms with Gasteiger partial charge in [-0.15, -0.1) is 0 Å². The van der Waals surface area contributed by atoms with Crippen LogP contribution >= 0.6 is 0 Å². The first-order valence-electron chi connectivity index (χ1n) is 8.47. The Kier molecular flexibility index (Phi) is 8.16. The average Bonchev–Trinajstić information content (AvgIpc) is 2.50. The lowest BCUT2D eigenvalue weighted by Crippen LogP contribution is -2.38. The van der Waals surface area contributed by atoms with E-state index in [1.165, 1.54) is 0 Å². The van der Waals surface area contributed by atoms with E-state index in [0.717, 1.165) is 12.1 Å². The zero-order chi connectivity index (χ0) is 20.0. The molecule has 2 nitrogen and oxygen atoms in total. The van der Waals surface area contributed by atoms with E-state index in [2.05, 4.69) is 0 Å². The van der Waals surface area contributed by atoms with Gasteiger partial charge in [0, 0.05) is 13.2 Å². The first kappa shape index (κ1) is 23.0. The number of alkyl halides is 6. The third kappa shape index (κ3) is 7.28. The number of aryl methyl sites for hydroxylation is 1. The van der Waals surface area contributed by atoms with Crippen LogP contribution in [0.4, 0.5) is 26.3 Å². The maximum Gasteiger partial charge on any atom is 0.416 e. The molecule has 0 saturated heterocycles. The molecule has 26 heavy (non-hydrogen) atoms. The summed E-state index contributed by atoms with van der Waals surface area (Å²) in [6, 6.07) is 2.37. The lowest BCUT2D eigenvalue weighted by molar-refractivity contribution is -0.143. The smallest absolute Gasteiger partial charge is 0.395 e. The van der Waals surface area contributed by atoms with Gasteiger partial charge in [0.1, 0.15) is 0 Å². The van der Waals surface area contributed by atoms with Crippen LogP contribution < -0.4 is 0 Å². The molecule has 1 rings (SSSR count). The fraction of sp³-hybridized carbons (Fsp3) is 0.647. The van der Waals surface area contributed by atoms with Crippen molar-refractivity contribution < 1.29 is 35.2 Å². The summed E-state index contributed by atoms with van der Waals surface area (Å²) in [6.07, 6.45) is -8.42. The highest BCUT2D eigenvalue weighted by molar-refractivity contribution is 6.66. The van der Waals surface area contributed by atoms with Gasteiger partial charge in [-0.3, -0.25) is 0 Å². The first-order chi connectivity index (χ1) is 11.9. The predicted molar refractivity (Wildman–Crippen MR) is 89.1 cm³/mol. The average molecular weight is 402 g/mol. The van der Waals surface area contributed by atoms with Crippen LogP contribution in [0.15, 0.2) is 18.2 Å². The summed E-state index contributed by atoms with van der Waals surface area (Å²) in [6.45, 7) is 6.62. The Morgan fingerprint density at radius 2 is 1.27 bits per heavy atom. The number of benzene rings is 1. The molecule has 0 N–H and O–H groups in total. The first-order valence-corrected chi connectivity index (χ1v) is 11.0. The normalized spacial score (nSPS) is 13.3. The summed E-state index contributed by atoms with van der Waals surface area (Å²) in [5.41, 5.74) is -2.52. The van der Waals surface area contributed by atoms with E-state index in [1.807, 2.05) is 20.4 Å². The lowest BCUT2D eigenvalue weighted by atomic mass is 10.0. The Hall–Kier alpha value is -1.06. The molecule has 0 atom stereocenters. The predicted octanol–water partition coefficient (Wildman–Crippen LogP) is 6.19. The van der Waals surface area contributed by atoms with Crippen LogP contribution in [0.1, 0.15) is 43.4 Å². The molecule has 0 heterocycles. The number of hydrogen-bond acceptors (Lipinski definition) is 2. The number of rotatable bonds is 9. The molecule has 0 fully saturated rings. The van der Waals surface area contributed by atoms with Crippen LogP contribution in [0, 0.1) is 0 Å². The maximum atomic E-state index is 12.9. The molecule has 9 heteroatoms. The van der Waals surface area contributed by atoms with Crippen LogP contribution in [-0.2, 0) is 27.6 Å². The van der Waals surface area contributed by atoms with E-state index >= 15 is 0 Å². The zero-order valence-electron chi connectivity index (χ0n) is 15.1. The molecular weight excluding hydrogens is 378 g/mol. The summed E-state index contributed by atoms with van der Waals surface area (Å²) in [4.78, 5) is 0. The SMILES string of the molecule is CCO[Si](C)(CCCCc1cc(C(F)(F)F)cc(C(F)(F)F)c1)OCC.